The van der Waals surface area contributed by atoms with Crippen molar-refractivity contribution in [1.29, 1.82) is 0 Å². The summed E-state index contributed by atoms with van der Waals surface area (Å²) in [6.07, 6.45) is 6.20. The van der Waals surface area contributed by atoms with E-state index in [-0.39, 0.29) is 35.9 Å². The van der Waals surface area contributed by atoms with Gasteiger partial charge in [0.2, 0.25) is 5.91 Å². The fraction of sp³-hybridized carbons (Fsp3) is 0.412. The number of fused-ring (bicyclic) bond motifs is 3. The third kappa shape index (κ3) is 1.39. The Hall–Kier alpha value is -2.30. The summed E-state index contributed by atoms with van der Waals surface area (Å²) in [5, 5.41) is 2.62. The van der Waals surface area contributed by atoms with Crippen LogP contribution in [-0.2, 0) is 4.79 Å². The quantitative estimate of drug-likeness (QED) is 0.794. The number of imide groups is 1. The summed E-state index contributed by atoms with van der Waals surface area (Å²) >= 11 is 0. The van der Waals surface area contributed by atoms with E-state index in [4.69, 9.17) is 0 Å². The number of urea groups is 1. The topological polar surface area (TPSA) is 52.7 Å². The van der Waals surface area contributed by atoms with Crippen LogP contribution in [0.4, 0.5) is 10.5 Å². The molecule has 5 nitrogen and oxygen atoms in total. The van der Waals surface area contributed by atoms with Crippen LogP contribution in [0, 0.1) is 5.92 Å². The van der Waals surface area contributed by atoms with Crippen molar-refractivity contribution in [1.82, 2.24) is 10.2 Å². The number of anilines is 1. The SMILES string of the molecule is O=C1NC(=O)N2c3ccccc3C3C=CN4CCCC1C4C32. The Morgan fingerprint density at radius 3 is 2.91 bits per heavy atom. The molecule has 0 aliphatic carbocycles. The second-order valence-electron chi connectivity index (χ2n) is 6.56. The van der Waals surface area contributed by atoms with Gasteiger partial charge >= 0.3 is 6.03 Å². The zero-order chi connectivity index (χ0) is 14.8. The van der Waals surface area contributed by atoms with Crippen molar-refractivity contribution >= 4 is 17.6 Å². The van der Waals surface area contributed by atoms with E-state index in [0.717, 1.165) is 25.1 Å². The number of carbonyl (C=O) groups excluding carboxylic acids is 2. The van der Waals surface area contributed by atoms with E-state index in [1.165, 1.54) is 5.56 Å². The molecule has 4 aliphatic rings. The van der Waals surface area contributed by atoms with Crippen molar-refractivity contribution in [3.8, 4) is 0 Å². The molecule has 1 aromatic carbocycles. The molecule has 3 amide bonds. The van der Waals surface area contributed by atoms with Crippen LogP contribution < -0.4 is 10.2 Å². The van der Waals surface area contributed by atoms with Gasteiger partial charge < -0.3 is 4.90 Å². The highest BCUT2D eigenvalue weighted by Gasteiger charge is 2.54. The van der Waals surface area contributed by atoms with Crippen molar-refractivity contribution in [3.63, 3.8) is 0 Å². The van der Waals surface area contributed by atoms with Crippen molar-refractivity contribution < 1.29 is 9.59 Å². The first-order valence-corrected chi connectivity index (χ1v) is 7.93. The first-order chi connectivity index (χ1) is 10.8. The van der Waals surface area contributed by atoms with Crippen LogP contribution in [0.15, 0.2) is 36.5 Å². The number of hydrogen-bond donors (Lipinski definition) is 1. The zero-order valence-corrected chi connectivity index (χ0v) is 12.1. The molecule has 2 fully saturated rings. The van der Waals surface area contributed by atoms with Crippen LogP contribution in [-0.4, -0.2) is 35.5 Å². The Kier molecular flexibility index (Phi) is 2.30. The molecule has 0 spiro atoms. The van der Waals surface area contributed by atoms with Gasteiger partial charge in [-0.3, -0.25) is 15.0 Å². The third-order valence-corrected chi connectivity index (χ3v) is 5.57. The number of rotatable bonds is 0. The predicted octanol–water partition coefficient (Wildman–Crippen LogP) is 1.82. The number of para-hydroxylation sites is 1. The summed E-state index contributed by atoms with van der Waals surface area (Å²) in [6, 6.07) is 7.90. The van der Waals surface area contributed by atoms with Gasteiger partial charge in [-0.1, -0.05) is 24.3 Å². The van der Waals surface area contributed by atoms with Gasteiger partial charge in [0.15, 0.2) is 0 Å². The standard InChI is InChI=1S/C17H17N3O2/c21-16-12-5-3-8-19-9-7-11-10-4-1-2-6-13(10)20(17(22)18-16)15(11)14(12)19/h1-2,4,6-7,9,11-12,14-15H,3,5,8H2,(H,18,21,22). The molecule has 4 unspecified atom stereocenters. The van der Waals surface area contributed by atoms with E-state index in [1.54, 1.807) is 0 Å². The lowest BCUT2D eigenvalue weighted by Gasteiger charge is -2.47. The van der Waals surface area contributed by atoms with Crippen LogP contribution in [0.2, 0.25) is 0 Å². The number of benzene rings is 1. The van der Waals surface area contributed by atoms with Gasteiger partial charge in [-0.05, 0) is 30.7 Å². The maximum atomic E-state index is 12.6. The Balaban J connectivity index is 1.74. The zero-order valence-electron chi connectivity index (χ0n) is 12.1. The molecule has 5 heteroatoms. The van der Waals surface area contributed by atoms with Crippen LogP contribution >= 0.6 is 0 Å². The highest BCUT2D eigenvalue weighted by atomic mass is 16.2. The highest BCUT2D eigenvalue weighted by Crippen LogP contribution is 2.49. The molecule has 0 radical (unpaired) electrons. The number of carbonyl (C=O) groups is 2. The lowest BCUT2D eigenvalue weighted by atomic mass is 9.77. The van der Waals surface area contributed by atoms with Crippen LogP contribution in [0.3, 0.4) is 0 Å². The van der Waals surface area contributed by atoms with Crippen molar-refractivity contribution in [3.05, 3.63) is 42.1 Å². The fourth-order valence-electron chi connectivity index (χ4n) is 4.72. The van der Waals surface area contributed by atoms with E-state index in [0.29, 0.717) is 0 Å². The molecule has 4 heterocycles. The summed E-state index contributed by atoms with van der Waals surface area (Å²) < 4.78 is 0. The largest absolute Gasteiger partial charge is 0.372 e. The van der Waals surface area contributed by atoms with Crippen molar-refractivity contribution in [2.75, 3.05) is 11.4 Å². The molecule has 0 aromatic heterocycles. The Bertz CT molecular complexity index is 714. The highest BCUT2D eigenvalue weighted by molar-refractivity contribution is 6.07. The number of nitrogens with zero attached hydrogens (tertiary/aromatic N) is 2. The molecule has 0 saturated carbocycles. The summed E-state index contributed by atoms with van der Waals surface area (Å²) in [4.78, 5) is 29.2. The van der Waals surface area contributed by atoms with Gasteiger partial charge in [-0.2, -0.15) is 0 Å². The first-order valence-electron chi connectivity index (χ1n) is 7.93. The summed E-state index contributed by atoms with van der Waals surface area (Å²) in [5.41, 5.74) is 2.14. The minimum absolute atomic E-state index is 0.0270. The molecule has 2 saturated heterocycles. The number of piperidine rings is 1. The lowest BCUT2D eigenvalue weighted by Crippen LogP contribution is -2.57. The lowest BCUT2D eigenvalue weighted by molar-refractivity contribution is -0.127. The summed E-state index contributed by atoms with van der Waals surface area (Å²) in [7, 11) is 0. The van der Waals surface area contributed by atoms with E-state index >= 15 is 0 Å². The number of nitrogens with one attached hydrogen (secondary N) is 1. The van der Waals surface area contributed by atoms with E-state index in [9.17, 15) is 9.59 Å². The number of hydrogen-bond acceptors (Lipinski definition) is 3. The van der Waals surface area contributed by atoms with Gasteiger partial charge in [-0.15, -0.1) is 0 Å². The molecule has 4 aliphatic heterocycles. The van der Waals surface area contributed by atoms with Gasteiger partial charge in [0.25, 0.3) is 0 Å². The molecule has 112 valence electrons. The average molecular weight is 295 g/mol. The predicted molar refractivity (Wildman–Crippen MR) is 81.3 cm³/mol. The molecule has 22 heavy (non-hydrogen) atoms. The maximum absolute atomic E-state index is 12.6. The van der Waals surface area contributed by atoms with Gasteiger partial charge in [0, 0.05) is 18.2 Å². The van der Waals surface area contributed by atoms with E-state index < -0.39 is 0 Å². The van der Waals surface area contributed by atoms with E-state index in [2.05, 4.69) is 28.6 Å². The second kappa shape index (κ2) is 4.12. The Labute approximate surface area is 128 Å². The van der Waals surface area contributed by atoms with Crippen molar-refractivity contribution in [2.45, 2.75) is 30.8 Å². The smallest absolute Gasteiger partial charge is 0.328 e. The summed E-state index contributed by atoms with van der Waals surface area (Å²) in [5.74, 6) is -0.0233. The van der Waals surface area contributed by atoms with Crippen LogP contribution in [0.1, 0.15) is 24.3 Å². The van der Waals surface area contributed by atoms with Gasteiger partial charge in [0.05, 0.1) is 18.0 Å². The average Bonchev–Trinajstić information content (AvgIpc) is 2.83. The summed E-state index contributed by atoms with van der Waals surface area (Å²) in [6.45, 7) is 0.965. The Morgan fingerprint density at radius 1 is 1.14 bits per heavy atom. The molecular weight excluding hydrogens is 278 g/mol. The van der Waals surface area contributed by atoms with Crippen LogP contribution in [0.5, 0.6) is 0 Å². The Morgan fingerprint density at radius 2 is 2.00 bits per heavy atom. The third-order valence-electron chi connectivity index (χ3n) is 5.57. The molecule has 0 bridgehead atoms. The normalized spacial score (nSPS) is 34.9. The first kappa shape index (κ1) is 12.3. The van der Waals surface area contributed by atoms with Crippen molar-refractivity contribution in [2.24, 2.45) is 5.92 Å². The molecule has 4 atom stereocenters. The fourth-order valence-corrected chi connectivity index (χ4v) is 4.72. The van der Waals surface area contributed by atoms with Crippen LogP contribution in [0.25, 0.3) is 0 Å². The maximum Gasteiger partial charge on any atom is 0.328 e. The van der Waals surface area contributed by atoms with E-state index in [1.807, 2.05) is 23.1 Å². The molecule has 5 rings (SSSR count). The minimum Gasteiger partial charge on any atom is -0.372 e. The molecular formula is C17H17N3O2. The molecule has 1 aromatic rings. The second-order valence-corrected chi connectivity index (χ2v) is 6.56. The minimum atomic E-state index is -0.269. The number of amides is 3. The monoisotopic (exact) mass is 295 g/mol. The van der Waals surface area contributed by atoms with Gasteiger partial charge in [0.1, 0.15) is 0 Å². The molecule has 1 N–H and O–H groups in total. The van der Waals surface area contributed by atoms with Gasteiger partial charge in [-0.25, -0.2) is 4.79 Å².